The van der Waals surface area contributed by atoms with Gasteiger partial charge in [-0.25, -0.2) is 0 Å². The van der Waals surface area contributed by atoms with E-state index in [0.29, 0.717) is 5.41 Å². The molecular weight excluding hydrogens is 134 g/mol. The summed E-state index contributed by atoms with van der Waals surface area (Å²) >= 11 is 0. The number of nitrogens with one attached hydrogen (secondary N) is 1. The van der Waals surface area contributed by atoms with Gasteiger partial charge in [-0.15, -0.1) is 6.58 Å². The van der Waals surface area contributed by atoms with Gasteiger partial charge in [-0.1, -0.05) is 12.5 Å². The molecule has 0 spiro atoms. The van der Waals surface area contributed by atoms with Gasteiger partial charge in [-0.2, -0.15) is 0 Å². The molecule has 11 heavy (non-hydrogen) atoms. The molecule has 0 unspecified atom stereocenters. The van der Waals surface area contributed by atoms with Gasteiger partial charge < -0.3 is 5.32 Å². The van der Waals surface area contributed by atoms with Crippen LogP contribution in [0.15, 0.2) is 12.2 Å². The van der Waals surface area contributed by atoms with Crippen molar-refractivity contribution < 1.29 is 0 Å². The standard InChI is InChI=1S/C10H19N/c1-9(2)7-10(3)5-4-6-11-8-10/h11H,1,4-8H2,2-3H3/t10-/m0/s1. The van der Waals surface area contributed by atoms with Crippen LogP contribution in [-0.2, 0) is 0 Å². The lowest BCUT2D eigenvalue weighted by molar-refractivity contribution is 0.234. The molecule has 0 aliphatic carbocycles. The summed E-state index contributed by atoms with van der Waals surface area (Å²) in [7, 11) is 0. The second kappa shape index (κ2) is 3.40. The molecule has 64 valence electrons. The molecule has 1 fully saturated rings. The van der Waals surface area contributed by atoms with Crippen LogP contribution >= 0.6 is 0 Å². The summed E-state index contributed by atoms with van der Waals surface area (Å²) in [5.41, 5.74) is 1.81. The van der Waals surface area contributed by atoms with Crippen LogP contribution in [0.2, 0.25) is 0 Å². The first-order valence-electron chi connectivity index (χ1n) is 4.47. The van der Waals surface area contributed by atoms with Gasteiger partial charge in [0, 0.05) is 6.54 Å². The van der Waals surface area contributed by atoms with Crippen molar-refractivity contribution in [2.24, 2.45) is 5.41 Å². The summed E-state index contributed by atoms with van der Waals surface area (Å²) in [6.45, 7) is 10.8. The van der Waals surface area contributed by atoms with Crippen LogP contribution in [0.1, 0.15) is 33.1 Å². The summed E-state index contributed by atoms with van der Waals surface area (Å²) < 4.78 is 0. The van der Waals surface area contributed by atoms with Crippen molar-refractivity contribution in [3.63, 3.8) is 0 Å². The lowest BCUT2D eigenvalue weighted by atomic mass is 9.78. The maximum atomic E-state index is 3.97. The Morgan fingerprint density at radius 2 is 2.36 bits per heavy atom. The second-order valence-electron chi connectivity index (χ2n) is 4.22. The monoisotopic (exact) mass is 153 g/mol. The zero-order valence-corrected chi connectivity index (χ0v) is 7.74. The molecule has 1 rings (SSSR count). The molecule has 1 atom stereocenters. The highest BCUT2D eigenvalue weighted by molar-refractivity contribution is 4.97. The van der Waals surface area contributed by atoms with E-state index in [1.54, 1.807) is 0 Å². The molecule has 1 saturated heterocycles. The average Bonchev–Trinajstić information content (AvgIpc) is 1.85. The van der Waals surface area contributed by atoms with Gasteiger partial charge >= 0.3 is 0 Å². The molecule has 0 amide bonds. The third-order valence-corrected chi connectivity index (χ3v) is 2.41. The van der Waals surface area contributed by atoms with E-state index in [9.17, 15) is 0 Å². The lowest BCUT2D eigenvalue weighted by Crippen LogP contribution is -2.37. The Bertz CT molecular complexity index is 143. The molecule has 1 heterocycles. The first-order valence-corrected chi connectivity index (χ1v) is 4.47. The summed E-state index contributed by atoms with van der Waals surface area (Å²) in [5, 5.41) is 3.44. The lowest BCUT2D eigenvalue weighted by Gasteiger charge is -2.34. The zero-order valence-electron chi connectivity index (χ0n) is 7.74. The van der Waals surface area contributed by atoms with Crippen LogP contribution in [0.3, 0.4) is 0 Å². The van der Waals surface area contributed by atoms with E-state index in [1.165, 1.54) is 37.9 Å². The van der Waals surface area contributed by atoms with E-state index in [2.05, 4.69) is 25.7 Å². The first-order chi connectivity index (χ1) is 5.12. The van der Waals surface area contributed by atoms with Crippen molar-refractivity contribution in [3.05, 3.63) is 12.2 Å². The Labute approximate surface area is 69.9 Å². The van der Waals surface area contributed by atoms with E-state index in [0.717, 1.165) is 0 Å². The smallest absolute Gasteiger partial charge is 0.000823 e. The fourth-order valence-corrected chi connectivity index (χ4v) is 2.00. The van der Waals surface area contributed by atoms with Crippen LogP contribution in [0, 0.1) is 5.41 Å². The number of piperidine rings is 1. The topological polar surface area (TPSA) is 12.0 Å². The van der Waals surface area contributed by atoms with Gasteiger partial charge in [0.15, 0.2) is 0 Å². The molecule has 0 radical (unpaired) electrons. The molecule has 1 aliphatic heterocycles. The Balaban J connectivity index is 2.43. The van der Waals surface area contributed by atoms with Gasteiger partial charge in [0.05, 0.1) is 0 Å². The van der Waals surface area contributed by atoms with Crippen molar-refractivity contribution in [2.45, 2.75) is 33.1 Å². The maximum absolute atomic E-state index is 3.97. The zero-order chi connectivity index (χ0) is 8.32. The fourth-order valence-electron chi connectivity index (χ4n) is 2.00. The molecule has 1 nitrogen and oxygen atoms in total. The molecule has 1 heteroatoms. The van der Waals surface area contributed by atoms with Crippen LogP contribution in [-0.4, -0.2) is 13.1 Å². The van der Waals surface area contributed by atoms with Gasteiger partial charge in [-0.3, -0.25) is 0 Å². The Kier molecular flexibility index (Phi) is 2.72. The van der Waals surface area contributed by atoms with Crippen LogP contribution in [0.25, 0.3) is 0 Å². The molecule has 0 aromatic heterocycles. The summed E-state index contributed by atoms with van der Waals surface area (Å²) in [4.78, 5) is 0. The van der Waals surface area contributed by atoms with Crippen LogP contribution < -0.4 is 5.32 Å². The number of hydrogen-bond acceptors (Lipinski definition) is 1. The fraction of sp³-hybridized carbons (Fsp3) is 0.800. The average molecular weight is 153 g/mol. The third kappa shape index (κ3) is 2.66. The highest BCUT2D eigenvalue weighted by Crippen LogP contribution is 2.31. The molecule has 1 N–H and O–H groups in total. The highest BCUT2D eigenvalue weighted by Gasteiger charge is 2.25. The van der Waals surface area contributed by atoms with Gasteiger partial charge in [0.2, 0.25) is 0 Å². The van der Waals surface area contributed by atoms with Crippen molar-refractivity contribution in [3.8, 4) is 0 Å². The minimum absolute atomic E-state index is 0.490. The van der Waals surface area contributed by atoms with Gasteiger partial charge in [0.1, 0.15) is 0 Å². The van der Waals surface area contributed by atoms with Gasteiger partial charge in [0.25, 0.3) is 0 Å². The molecular formula is C10H19N. The minimum atomic E-state index is 0.490. The van der Waals surface area contributed by atoms with E-state index in [1.807, 2.05) is 0 Å². The minimum Gasteiger partial charge on any atom is -0.316 e. The first kappa shape index (κ1) is 8.79. The number of hydrogen-bond donors (Lipinski definition) is 1. The van der Waals surface area contributed by atoms with E-state index < -0.39 is 0 Å². The Hall–Kier alpha value is -0.300. The number of allylic oxidation sites excluding steroid dienone is 1. The Morgan fingerprint density at radius 1 is 1.64 bits per heavy atom. The normalized spacial score (nSPS) is 31.8. The van der Waals surface area contributed by atoms with Crippen molar-refractivity contribution in [1.82, 2.24) is 5.32 Å². The number of rotatable bonds is 2. The molecule has 0 aromatic carbocycles. The van der Waals surface area contributed by atoms with Crippen molar-refractivity contribution in [1.29, 1.82) is 0 Å². The van der Waals surface area contributed by atoms with Crippen LogP contribution in [0.5, 0.6) is 0 Å². The summed E-state index contributed by atoms with van der Waals surface area (Å²) in [5.74, 6) is 0. The largest absolute Gasteiger partial charge is 0.316 e. The van der Waals surface area contributed by atoms with Crippen LogP contribution in [0.4, 0.5) is 0 Å². The van der Waals surface area contributed by atoms with E-state index in [4.69, 9.17) is 0 Å². The Morgan fingerprint density at radius 3 is 2.82 bits per heavy atom. The van der Waals surface area contributed by atoms with Crippen molar-refractivity contribution in [2.75, 3.05) is 13.1 Å². The van der Waals surface area contributed by atoms with E-state index >= 15 is 0 Å². The third-order valence-electron chi connectivity index (χ3n) is 2.41. The predicted octanol–water partition coefficient (Wildman–Crippen LogP) is 2.34. The summed E-state index contributed by atoms with van der Waals surface area (Å²) in [6.07, 6.45) is 3.86. The quantitative estimate of drug-likeness (QED) is 0.600. The second-order valence-corrected chi connectivity index (χ2v) is 4.22. The van der Waals surface area contributed by atoms with Gasteiger partial charge in [-0.05, 0) is 38.1 Å². The molecule has 0 saturated carbocycles. The predicted molar refractivity (Wildman–Crippen MR) is 49.6 cm³/mol. The molecule has 0 aromatic rings. The summed E-state index contributed by atoms with van der Waals surface area (Å²) in [6, 6.07) is 0. The van der Waals surface area contributed by atoms with Crippen molar-refractivity contribution >= 4 is 0 Å². The maximum Gasteiger partial charge on any atom is 0.000823 e. The SMILES string of the molecule is C=C(C)C[C@]1(C)CCCNC1. The highest BCUT2D eigenvalue weighted by atomic mass is 14.9. The molecule has 0 bridgehead atoms. The molecule has 1 aliphatic rings. The van der Waals surface area contributed by atoms with E-state index in [-0.39, 0.29) is 0 Å².